The van der Waals surface area contributed by atoms with Gasteiger partial charge in [0, 0.05) is 6.20 Å². The van der Waals surface area contributed by atoms with Gasteiger partial charge in [0.25, 0.3) is 0 Å². The zero-order valence-corrected chi connectivity index (χ0v) is 7.28. The summed E-state index contributed by atoms with van der Waals surface area (Å²) in [4.78, 5) is 13.4. The number of hydrogen-bond donors (Lipinski definition) is 1. The smallest absolute Gasteiger partial charge is 0.418 e. The van der Waals surface area contributed by atoms with E-state index in [1.54, 1.807) is 0 Å². The van der Waals surface area contributed by atoms with Crippen molar-refractivity contribution >= 4 is 5.97 Å². The van der Waals surface area contributed by atoms with Crippen LogP contribution in [0.1, 0.15) is 5.56 Å². The van der Waals surface area contributed by atoms with Crippen LogP contribution in [0.4, 0.5) is 13.2 Å². The Kier molecular flexibility index (Phi) is 3.13. The van der Waals surface area contributed by atoms with Crippen LogP contribution in [0.2, 0.25) is 0 Å². The molecule has 15 heavy (non-hydrogen) atoms. The Morgan fingerprint density at radius 2 is 2.13 bits per heavy atom. The summed E-state index contributed by atoms with van der Waals surface area (Å²) in [6.07, 6.45) is -2.87. The lowest BCUT2D eigenvalue weighted by atomic mass is 10.3. The van der Waals surface area contributed by atoms with Crippen molar-refractivity contribution < 1.29 is 27.8 Å². The maximum atomic E-state index is 12.2. The van der Waals surface area contributed by atoms with E-state index in [4.69, 9.17) is 5.11 Å². The van der Waals surface area contributed by atoms with E-state index in [-0.39, 0.29) is 5.75 Å². The third-order valence-electron chi connectivity index (χ3n) is 1.40. The van der Waals surface area contributed by atoms with Crippen LogP contribution in [-0.4, -0.2) is 22.7 Å². The molecule has 0 bridgehead atoms. The van der Waals surface area contributed by atoms with Crippen molar-refractivity contribution in [1.29, 1.82) is 0 Å². The molecule has 0 atom stereocenters. The van der Waals surface area contributed by atoms with Gasteiger partial charge in [-0.3, -0.25) is 4.98 Å². The molecular formula is C8H6F3NO3. The molecule has 0 amide bonds. The molecule has 0 aliphatic rings. The van der Waals surface area contributed by atoms with Gasteiger partial charge in [-0.2, -0.15) is 13.2 Å². The molecule has 0 radical (unpaired) electrons. The van der Waals surface area contributed by atoms with E-state index in [1.807, 2.05) is 0 Å². The first kappa shape index (κ1) is 11.3. The number of carboxylic acids is 1. The lowest BCUT2D eigenvalue weighted by Gasteiger charge is -2.07. The number of alkyl halides is 3. The Morgan fingerprint density at radius 1 is 1.47 bits per heavy atom. The second kappa shape index (κ2) is 4.16. The van der Waals surface area contributed by atoms with Gasteiger partial charge in [-0.25, -0.2) is 4.79 Å². The number of carboxylic acid groups (broad SMARTS) is 1. The number of pyridine rings is 1. The normalized spacial score (nSPS) is 11.1. The summed E-state index contributed by atoms with van der Waals surface area (Å²) in [5.41, 5.74) is -0.981. The molecule has 1 N–H and O–H groups in total. The molecule has 1 rings (SSSR count). The minimum absolute atomic E-state index is 0.229. The number of aromatic nitrogens is 1. The van der Waals surface area contributed by atoms with Crippen molar-refractivity contribution in [3.63, 3.8) is 0 Å². The average molecular weight is 221 g/mol. The van der Waals surface area contributed by atoms with Gasteiger partial charge >= 0.3 is 12.1 Å². The molecule has 7 heteroatoms. The molecule has 0 spiro atoms. The van der Waals surface area contributed by atoms with Crippen LogP contribution in [0.15, 0.2) is 18.5 Å². The molecule has 0 aromatic carbocycles. The van der Waals surface area contributed by atoms with Gasteiger partial charge in [0.2, 0.25) is 0 Å². The topological polar surface area (TPSA) is 59.4 Å². The maximum Gasteiger partial charge on any atom is 0.418 e. The van der Waals surface area contributed by atoms with Crippen LogP contribution < -0.4 is 4.74 Å². The van der Waals surface area contributed by atoms with Gasteiger partial charge in [-0.15, -0.1) is 0 Å². The fourth-order valence-corrected chi connectivity index (χ4v) is 0.798. The number of hydrogen-bond acceptors (Lipinski definition) is 3. The van der Waals surface area contributed by atoms with E-state index in [2.05, 4.69) is 9.72 Å². The Balaban J connectivity index is 2.79. The summed E-state index contributed by atoms with van der Waals surface area (Å²) < 4.78 is 41.0. The van der Waals surface area contributed by atoms with Crippen molar-refractivity contribution in [2.45, 2.75) is 6.18 Å². The van der Waals surface area contributed by atoms with Crippen molar-refractivity contribution in [2.24, 2.45) is 0 Å². The van der Waals surface area contributed by atoms with Crippen molar-refractivity contribution in [2.75, 3.05) is 6.61 Å². The highest BCUT2D eigenvalue weighted by molar-refractivity contribution is 5.68. The summed E-state index contributed by atoms with van der Waals surface area (Å²) in [6, 6.07) is 0.690. The van der Waals surface area contributed by atoms with Gasteiger partial charge < -0.3 is 9.84 Å². The second-order valence-electron chi connectivity index (χ2n) is 2.59. The first-order valence-electron chi connectivity index (χ1n) is 3.76. The monoisotopic (exact) mass is 221 g/mol. The number of aliphatic carboxylic acids is 1. The Labute approximate surface area is 82.3 Å². The molecule has 1 aromatic rings. The minimum Gasteiger partial charge on any atom is -0.480 e. The van der Waals surface area contributed by atoms with Gasteiger partial charge in [0.15, 0.2) is 6.61 Å². The molecule has 0 fully saturated rings. The summed E-state index contributed by atoms with van der Waals surface area (Å²) in [7, 11) is 0. The van der Waals surface area contributed by atoms with Gasteiger partial charge in [0.1, 0.15) is 5.75 Å². The Bertz CT molecular complexity index is 364. The van der Waals surface area contributed by atoms with Crippen molar-refractivity contribution in [3.05, 3.63) is 24.0 Å². The number of nitrogens with zero attached hydrogens (tertiary/aromatic N) is 1. The fraction of sp³-hybridized carbons (Fsp3) is 0.250. The third kappa shape index (κ3) is 3.45. The number of ether oxygens (including phenoxy) is 1. The molecule has 4 nitrogen and oxygen atoms in total. The molecule has 1 heterocycles. The molecular weight excluding hydrogens is 215 g/mol. The molecule has 1 aromatic heterocycles. The minimum atomic E-state index is -4.52. The molecule has 0 aliphatic heterocycles. The zero-order valence-electron chi connectivity index (χ0n) is 7.28. The predicted octanol–water partition coefficient (Wildman–Crippen LogP) is 1.56. The SMILES string of the molecule is O=C(O)COc1cncc(C(F)(F)F)c1. The van der Waals surface area contributed by atoms with Gasteiger partial charge in [-0.1, -0.05) is 0 Å². The van der Waals surface area contributed by atoms with Crippen LogP contribution in [0.3, 0.4) is 0 Å². The van der Waals surface area contributed by atoms with Gasteiger partial charge in [0.05, 0.1) is 11.8 Å². The van der Waals surface area contributed by atoms with Crippen LogP contribution in [0.25, 0.3) is 0 Å². The lowest BCUT2D eigenvalue weighted by molar-refractivity contribution is -0.139. The van der Waals surface area contributed by atoms with E-state index in [9.17, 15) is 18.0 Å². The van der Waals surface area contributed by atoms with Crippen LogP contribution in [0.5, 0.6) is 5.75 Å². The van der Waals surface area contributed by atoms with E-state index in [1.165, 1.54) is 0 Å². The summed E-state index contributed by atoms with van der Waals surface area (Å²) in [6.45, 7) is -0.705. The van der Waals surface area contributed by atoms with E-state index in [0.29, 0.717) is 12.3 Å². The zero-order chi connectivity index (χ0) is 11.5. The largest absolute Gasteiger partial charge is 0.480 e. The fourth-order valence-electron chi connectivity index (χ4n) is 0.798. The third-order valence-corrected chi connectivity index (χ3v) is 1.40. The molecule has 0 saturated carbocycles. The van der Waals surface area contributed by atoms with Crippen molar-refractivity contribution in [3.8, 4) is 5.75 Å². The Hall–Kier alpha value is -1.79. The molecule has 0 aliphatic carbocycles. The highest BCUT2D eigenvalue weighted by Crippen LogP contribution is 2.30. The standard InChI is InChI=1S/C8H6F3NO3/c9-8(10,11)5-1-6(3-12-2-5)15-4-7(13)14/h1-3H,4H2,(H,13,14). The van der Waals surface area contributed by atoms with Crippen LogP contribution in [0, 0.1) is 0 Å². The highest BCUT2D eigenvalue weighted by atomic mass is 19.4. The molecule has 0 unspecified atom stereocenters. The van der Waals surface area contributed by atoms with E-state index in [0.717, 1.165) is 6.20 Å². The summed E-state index contributed by atoms with van der Waals surface area (Å²) >= 11 is 0. The summed E-state index contributed by atoms with van der Waals surface area (Å²) in [5.74, 6) is -1.50. The molecule has 82 valence electrons. The van der Waals surface area contributed by atoms with Crippen molar-refractivity contribution in [1.82, 2.24) is 4.98 Å². The lowest BCUT2D eigenvalue weighted by Crippen LogP contribution is -2.11. The number of carbonyl (C=O) groups is 1. The first-order chi connectivity index (χ1) is 6.89. The second-order valence-corrected chi connectivity index (χ2v) is 2.59. The molecule has 0 saturated heterocycles. The highest BCUT2D eigenvalue weighted by Gasteiger charge is 2.31. The number of rotatable bonds is 3. The van der Waals surface area contributed by atoms with Gasteiger partial charge in [-0.05, 0) is 6.07 Å². The Morgan fingerprint density at radius 3 is 2.67 bits per heavy atom. The van der Waals surface area contributed by atoms with E-state index < -0.39 is 24.3 Å². The van der Waals surface area contributed by atoms with Crippen LogP contribution >= 0.6 is 0 Å². The average Bonchev–Trinajstić information content (AvgIpc) is 2.14. The van der Waals surface area contributed by atoms with E-state index >= 15 is 0 Å². The predicted molar refractivity (Wildman–Crippen MR) is 42.4 cm³/mol. The maximum absolute atomic E-state index is 12.2. The first-order valence-corrected chi connectivity index (χ1v) is 3.76. The number of halogens is 3. The summed E-state index contributed by atoms with van der Waals surface area (Å²) in [5, 5.41) is 8.24. The quantitative estimate of drug-likeness (QED) is 0.841. The van der Waals surface area contributed by atoms with Crippen LogP contribution in [-0.2, 0) is 11.0 Å².